The molecule has 0 aromatic carbocycles. The fourth-order valence-electron chi connectivity index (χ4n) is 2.02. The van der Waals surface area contributed by atoms with Crippen molar-refractivity contribution in [1.82, 2.24) is 15.0 Å². The van der Waals surface area contributed by atoms with E-state index >= 15 is 0 Å². The van der Waals surface area contributed by atoms with Gasteiger partial charge in [0.05, 0.1) is 11.4 Å². The molecule has 1 atom stereocenters. The van der Waals surface area contributed by atoms with Gasteiger partial charge >= 0.3 is 0 Å². The number of hydrogen-bond donors (Lipinski definition) is 1. The van der Waals surface area contributed by atoms with Gasteiger partial charge in [-0.1, -0.05) is 11.2 Å². The minimum absolute atomic E-state index is 0.290. The minimum atomic E-state index is 0.290. The highest BCUT2D eigenvalue weighted by Gasteiger charge is 2.21. The number of aromatic nitrogens is 2. The Hall–Kier alpha value is -1.24. The Morgan fingerprint density at radius 3 is 3.24 bits per heavy atom. The lowest BCUT2D eigenvalue weighted by Crippen LogP contribution is -2.26. The van der Waals surface area contributed by atoms with E-state index in [0.29, 0.717) is 11.9 Å². The van der Waals surface area contributed by atoms with Gasteiger partial charge in [0.2, 0.25) is 0 Å². The number of rotatable bonds is 3. The monoisotopic (exact) mass is 250 g/mol. The highest BCUT2D eigenvalue weighted by atomic mass is 32.1. The first kappa shape index (κ1) is 10.9. The van der Waals surface area contributed by atoms with Crippen LogP contribution in [0.5, 0.6) is 0 Å². The van der Waals surface area contributed by atoms with Crippen LogP contribution in [-0.4, -0.2) is 34.2 Å². The third-order valence-electron chi connectivity index (χ3n) is 2.87. The molecule has 3 heterocycles. The van der Waals surface area contributed by atoms with Gasteiger partial charge in [-0.25, -0.2) is 0 Å². The first-order valence-electron chi connectivity index (χ1n) is 5.65. The summed E-state index contributed by atoms with van der Waals surface area (Å²) in [6, 6.07) is 4.25. The van der Waals surface area contributed by atoms with Gasteiger partial charge in [-0.2, -0.15) is 4.98 Å². The van der Waals surface area contributed by atoms with Gasteiger partial charge in [0.15, 0.2) is 5.82 Å². The number of likely N-dealkylation sites (tertiary alicyclic amines) is 1. The highest BCUT2D eigenvalue weighted by molar-refractivity contribution is 7.13. The van der Waals surface area contributed by atoms with Crippen LogP contribution in [0, 0.1) is 0 Å². The van der Waals surface area contributed by atoms with Gasteiger partial charge < -0.3 is 10.3 Å². The molecule has 0 unspecified atom stereocenters. The van der Waals surface area contributed by atoms with Crippen molar-refractivity contribution in [2.24, 2.45) is 5.73 Å². The van der Waals surface area contributed by atoms with E-state index in [1.807, 2.05) is 17.5 Å². The molecule has 1 saturated heterocycles. The van der Waals surface area contributed by atoms with Crippen LogP contribution >= 0.6 is 11.3 Å². The summed E-state index contributed by atoms with van der Waals surface area (Å²) < 4.78 is 5.24. The normalized spacial score (nSPS) is 21.1. The molecule has 5 nitrogen and oxygen atoms in total. The molecule has 0 aliphatic carbocycles. The van der Waals surface area contributed by atoms with E-state index in [1.54, 1.807) is 11.3 Å². The van der Waals surface area contributed by atoms with Crippen LogP contribution in [0.3, 0.4) is 0 Å². The molecule has 6 heteroatoms. The maximum absolute atomic E-state index is 5.86. The summed E-state index contributed by atoms with van der Waals surface area (Å²) in [6.07, 6.45) is 1.05. The van der Waals surface area contributed by atoms with Gasteiger partial charge in [-0.05, 0) is 17.9 Å². The van der Waals surface area contributed by atoms with Crippen LogP contribution in [0.2, 0.25) is 0 Å². The average molecular weight is 250 g/mol. The van der Waals surface area contributed by atoms with Crippen LogP contribution in [0.1, 0.15) is 12.2 Å². The molecule has 2 aromatic rings. The number of nitrogens with two attached hydrogens (primary N) is 1. The second kappa shape index (κ2) is 4.56. The molecule has 3 rings (SSSR count). The Balaban J connectivity index is 1.69. The van der Waals surface area contributed by atoms with Crippen molar-refractivity contribution in [2.75, 3.05) is 13.1 Å². The quantitative estimate of drug-likeness (QED) is 0.890. The molecule has 0 radical (unpaired) electrons. The van der Waals surface area contributed by atoms with E-state index in [2.05, 4.69) is 15.0 Å². The van der Waals surface area contributed by atoms with Crippen LogP contribution in [0.25, 0.3) is 10.8 Å². The van der Waals surface area contributed by atoms with E-state index in [-0.39, 0.29) is 0 Å². The van der Waals surface area contributed by atoms with Gasteiger partial charge in [0, 0.05) is 19.1 Å². The molecule has 1 aliphatic rings. The minimum Gasteiger partial charge on any atom is -0.333 e. The van der Waals surface area contributed by atoms with Gasteiger partial charge in [-0.15, -0.1) is 11.3 Å². The lowest BCUT2D eigenvalue weighted by atomic mass is 10.3. The molecule has 1 fully saturated rings. The van der Waals surface area contributed by atoms with Gasteiger partial charge in [0.1, 0.15) is 0 Å². The molecule has 0 amide bonds. The maximum atomic E-state index is 5.86. The van der Waals surface area contributed by atoms with E-state index < -0.39 is 0 Å². The Kier molecular flexibility index (Phi) is 2.92. The number of thiophene rings is 1. The summed E-state index contributed by atoms with van der Waals surface area (Å²) in [5.41, 5.74) is 5.86. The second-order valence-electron chi connectivity index (χ2n) is 4.28. The predicted octanol–water partition coefficient (Wildman–Crippen LogP) is 1.33. The largest absolute Gasteiger partial charge is 0.333 e. The molecule has 2 N–H and O–H groups in total. The highest BCUT2D eigenvalue weighted by Crippen LogP contribution is 2.22. The molecule has 1 aliphatic heterocycles. The molecule has 17 heavy (non-hydrogen) atoms. The van der Waals surface area contributed by atoms with Crippen molar-refractivity contribution in [3.8, 4) is 10.8 Å². The number of nitrogens with zero attached hydrogens (tertiary/aromatic N) is 3. The Morgan fingerprint density at radius 2 is 2.53 bits per heavy atom. The SMILES string of the molecule is N[C@H]1CCN(Cc2noc(-c3cccs3)n2)C1. The third kappa shape index (κ3) is 2.38. The van der Waals surface area contributed by atoms with E-state index in [9.17, 15) is 0 Å². The van der Waals surface area contributed by atoms with Crippen molar-refractivity contribution in [2.45, 2.75) is 19.0 Å². The second-order valence-corrected chi connectivity index (χ2v) is 5.22. The zero-order valence-corrected chi connectivity index (χ0v) is 10.2. The van der Waals surface area contributed by atoms with Crippen LogP contribution in [-0.2, 0) is 6.54 Å². The summed E-state index contributed by atoms with van der Waals surface area (Å²) in [7, 11) is 0. The standard InChI is InChI=1S/C11H14N4OS/c12-8-3-4-15(6-8)7-10-13-11(16-14-10)9-2-1-5-17-9/h1-2,5,8H,3-4,6-7,12H2/t8-/m0/s1. The van der Waals surface area contributed by atoms with E-state index in [4.69, 9.17) is 10.3 Å². The Bertz CT molecular complexity index is 481. The Labute approximate surface area is 103 Å². The summed E-state index contributed by atoms with van der Waals surface area (Å²) in [6.45, 7) is 2.66. The van der Waals surface area contributed by atoms with E-state index in [1.165, 1.54) is 0 Å². The van der Waals surface area contributed by atoms with Crippen molar-refractivity contribution in [3.05, 3.63) is 23.3 Å². The third-order valence-corrected chi connectivity index (χ3v) is 3.73. The lowest BCUT2D eigenvalue weighted by molar-refractivity contribution is 0.309. The van der Waals surface area contributed by atoms with Crippen molar-refractivity contribution in [3.63, 3.8) is 0 Å². The topological polar surface area (TPSA) is 68.2 Å². The smallest absolute Gasteiger partial charge is 0.268 e. The number of hydrogen-bond acceptors (Lipinski definition) is 6. The van der Waals surface area contributed by atoms with Gasteiger partial charge in [-0.3, -0.25) is 4.90 Å². The first-order chi connectivity index (χ1) is 8.31. The first-order valence-corrected chi connectivity index (χ1v) is 6.53. The molecule has 2 aromatic heterocycles. The summed E-state index contributed by atoms with van der Waals surface area (Å²) >= 11 is 1.60. The molecule has 90 valence electrons. The van der Waals surface area contributed by atoms with Crippen molar-refractivity contribution in [1.29, 1.82) is 0 Å². The maximum Gasteiger partial charge on any atom is 0.268 e. The summed E-state index contributed by atoms with van der Waals surface area (Å²) in [4.78, 5) is 7.66. The molecule has 0 bridgehead atoms. The Morgan fingerprint density at radius 1 is 1.59 bits per heavy atom. The lowest BCUT2D eigenvalue weighted by Gasteiger charge is -2.11. The van der Waals surface area contributed by atoms with Gasteiger partial charge in [0.25, 0.3) is 5.89 Å². The van der Waals surface area contributed by atoms with E-state index in [0.717, 1.165) is 36.8 Å². The predicted molar refractivity (Wildman–Crippen MR) is 65.5 cm³/mol. The van der Waals surface area contributed by atoms with Crippen LogP contribution < -0.4 is 5.73 Å². The zero-order valence-electron chi connectivity index (χ0n) is 9.37. The fraction of sp³-hybridized carbons (Fsp3) is 0.455. The zero-order chi connectivity index (χ0) is 11.7. The van der Waals surface area contributed by atoms with Crippen LogP contribution in [0.4, 0.5) is 0 Å². The molecular weight excluding hydrogens is 236 g/mol. The van der Waals surface area contributed by atoms with Crippen LogP contribution in [0.15, 0.2) is 22.0 Å². The fourth-order valence-corrected chi connectivity index (χ4v) is 2.67. The summed E-state index contributed by atoms with van der Waals surface area (Å²) in [5, 5.41) is 6.00. The average Bonchev–Trinajstić information content (AvgIpc) is 3.00. The molecular formula is C11H14N4OS. The molecule has 0 spiro atoms. The van der Waals surface area contributed by atoms with Crippen molar-refractivity contribution < 1.29 is 4.52 Å². The molecule has 0 saturated carbocycles. The summed E-state index contributed by atoms with van der Waals surface area (Å²) in [5.74, 6) is 1.35. The van der Waals surface area contributed by atoms with Crippen molar-refractivity contribution >= 4 is 11.3 Å².